The molecule has 2 rings (SSSR count). The average molecular weight is 286 g/mol. The summed E-state index contributed by atoms with van der Waals surface area (Å²) in [5.41, 5.74) is 8.19. The Bertz CT molecular complexity index is 658. The lowest BCUT2D eigenvalue weighted by atomic mass is 10.2. The van der Waals surface area contributed by atoms with Crippen molar-refractivity contribution in [2.75, 3.05) is 17.2 Å². The van der Waals surface area contributed by atoms with Crippen LogP contribution in [0.2, 0.25) is 0 Å². The predicted molar refractivity (Wildman–Crippen MR) is 81.3 cm³/mol. The zero-order valence-electron chi connectivity index (χ0n) is 12.1. The largest absolute Gasteiger partial charge is 0.477 e. The van der Waals surface area contributed by atoms with E-state index in [2.05, 4.69) is 9.97 Å². The van der Waals surface area contributed by atoms with E-state index in [0.29, 0.717) is 24.6 Å². The Balaban J connectivity index is 2.32. The van der Waals surface area contributed by atoms with Crippen LogP contribution in [0.5, 0.6) is 0 Å². The van der Waals surface area contributed by atoms with E-state index >= 15 is 0 Å². The minimum Gasteiger partial charge on any atom is -0.477 e. The van der Waals surface area contributed by atoms with Crippen molar-refractivity contribution in [1.29, 1.82) is 0 Å². The molecule has 0 saturated heterocycles. The van der Waals surface area contributed by atoms with Crippen LogP contribution in [0.25, 0.3) is 0 Å². The van der Waals surface area contributed by atoms with Crippen LogP contribution >= 0.6 is 0 Å². The third-order valence-electron chi connectivity index (χ3n) is 3.10. The fourth-order valence-electron chi connectivity index (χ4n) is 2.05. The van der Waals surface area contributed by atoms with E-state index in [1.807, 2.05) is 36.9 Å². The quantitative estimate of drug-likeness (QED) is 0.874. The van der Waals surface area contributed by atoms with Gasteiger partial charge in [0.05, 0.1) is 17.9 Å². The van der Waals surface area contributed by atoms with Gasteiger partial charge in [0, 0.05) is 12.2 Å². The maximum Gasteiger partial charge on any atom is 0.354 e. The van der Waals surface area contributed by atoms with Gasteiger partial charge in [0.25, 0.3) is 0 Å². The summed E-state index contributed by atoms with van der Waals surface area (Å²) >= 11 is 0. The average Bonchev–Trinajstić information content (AvgIpc) is 2.45. The van der Waals surface area contributed by atoms with Crippen LogP contribution in [-0.2, 0) is 6.54 Å². The molecule has 0 saturated carbocycles. The van der Waals surface area contributed by atoms with Crippen LogP contribution in [-0.4, -0.2) is 27.6 Å². The van der Waals surface area contributed by atoms with Crippen LogP contribution in [0.4, 0.5) is 11.5 Å². The van der Waals surface area contributed by atoms with Gasteiger partial charge in [-0.2, -0.15) is 0 Å². The molecule has 6 nitrogen and oxygen atoms in total. The Kier molecular flexibility index (Phi) is 4.37. The number of carbonyl (C=O) groups is 1. The number of carboxylic acids is 1. The third kappa shape index (κ3) is 3.47. The lowest BCUT2D eigenvalue weighted by Gasteiger charge is -2.23. The molecule has 0 aliphatic carbocycles. The van der Waals surface area contributed by atoms with Crippen molar-refractivity contribution < 1.29 is 9.90 Å². The molecule has 0 aromatic carbocycles. The Morgan fingerprint density at radius 1 is 1.29 bits per heavy atom. The second kappa shape index (κ2) is 6.21. The summed E-state index contributed by atoms with van der Waals surface area (Å²) in [5, 5.41) is 9.05. The van der Waals surface area contributed by atoms with E-state index in [4.69, 9.17) is 10.8 Å². The molecule has 0 amide bonds. The monoisotopic (exact) mass is 286 g/mol. The number of aromatic nitrogens is 2. The summed E-state index contributed by atoms with van der Waals surface area (Å²) in [6.07, 6.45) is 0. The van der Waals surface area contributed by atoms with Crippen molar-refractivity contribution in [3.05, 3.63) is 47.4 Å². The van der Waals surface area contributed by atoms with Crippen molar-refractivity contribution in [2.45, 2.75) is 20.4 Å². The van der Waals surface area contributed by atoms with Crippen molar-refractivity contribution in [3.63, 3.8) is 0 Å². The summed E-state index contributed by atoms with van der Waals surface area (Å²) < 4.78 is 0. The normalized spacial score (nSPS) is 10.4. The van der Waals surface area contributed by atoms with Crippen LogP contribution in [0.3, 0.4) is 0 Å². The van der Waals surface area contributed by atoms with Gasteiger partial charge >= 0.3 is 5.97 Å². The molecular formula is C15H18N4O2. The molecule has 0 unspecified atom stereocenters. The van der Waals surface area contributed by atoms with E-state index in [0.717, 1.165) is 11.4 Å². The highest BCUT2D eigenvalue weighted by atomic mass is 16.4. The molecule has 3 N–H and O–H groups in total. The Labute approximate surface area is 123 Å². The number of aryl methyl sites for hydroxylation is 1. The van der Waals surface area contributed by atoms with Crippen molar-refractivity contribution in [2.24, 2.45) is 0 Å². The molecule has 0 atom stereocenters. The number of aromatic carboxylic acids is 1. The van der Waals surface area contributed by atoms with E-state index in [9.17, 15) is 4.79 Å². The first-order valence-electron chi connectivity index (χ1n) is 6.68. The third-order valence-corrected chi connectivity index (χ3v) is 3.10. The van der Waals surface area contributed by atoms with Crippen molar-refractivity contribution >= 4 is 17.5 Å². The molecular weight excluding hydrogens is 268 g/mol. The highest BCUT2D eigenvalue weighted by molar-refractivity contribution is 5.87. The smallest absolute Gasteiger partial charge is 0.354 e. The molecule has 0 aliphatic rings. The molecule has 2 aromatic heterocycles. The van der Waals surface area contributed by atoms with E-state index in [1.54, 1.807) is 6.07 Å². The first kappa shape index (κ1) is 14.8. The summed E-state index contributed by atoms with van der Waals surface area (Å²) in [4.78, 5) is 21.5. The number of nitrogens with zero attached hydrogens (tertiary/aromatic N) is 3. The lowest BCUT2D eigenvalue weighted by Crippen LogP contribution is -2.25. The minimum absolute atomic E-state index is 0.0187. The fourth-order valence-corrected chi connectivity index (χ4v) is 2.05. The zero-order chi connectivity index (χ0) is 15.4. The number of hydrogen-bond donors (Lipinski definition) is 2. The molecule has 110 valence electrons. The van der Waals surface area contributed by atoms with Gasteiger partial charge in [0.15, 0.2) is 11.5 Å². The fraction of sp³-hybridized carbons (Fsp3) is 0.267. The summed E-state index contributed by atoms with van der Waals surface area (Å²) in [6, 6.07) is 8.76. The molecule has 0 aliphatic heterocycles. The van der Waals surface area contributed by atoms with E-state index in [-0.39, 0.29) is 5.69 Å². The topological polar surface area (TPSA) is 92.3 Å². The van der Waals surface area contributed by atoms with Gasteiger partial charge in [-0.1, -0.05) is 6.07 Å². The predicted octanol–water partition coefficient (Wildman–Crippen LogP) is 2.09. The summed E-state index contributed by atoms with van der Waals surface area (Å²) in [6.45, 7) is 5.07. The molecule has 0 bridgehead atoms. The van der Waals surface area contributed by atoms with Crippen molar-refractivity contribution in [1.82, 2.24) is 9.97 Å². The van der Waals surface area contributed by atoms with Crippen molar-refractivity contribution in [3.8, 4) is 0 Å². The molecule has 2 aromatic rings. The first-order chi connectivity index (χ1) is 10.0. The van der Waals surface area contributed by atoms with Gasteiger partial charge in [-0.05, 0) is 38.1 Å². The van der Waals surface area contributed by atoms with Gasteiger partial charge < -0.3 is 15.7 Å². The molecule has 2 heterocycles. The van der Waals surface area contributed by atoms with Crippen LogP contribution < -0.4 is 10.6 Å². The standard InChI is InChI=1S/C15H18N4O2/c1-3-19(9-11-6-4-5-10(2)17-11)14-12(16)7-8-13(18-14)15(20)21/h4-8H,3,9,16H2,1-2H3,(H,20,21). The molecule has 6 heteroatoms. The molecule has 0 radical (unpaired) electrons. The SMILES string of the molecule is CCN(Cc1cccc(C)n1)c1nc(C(=O)O)ccc1N. The summed E-state index contributed by atoms with van der Waals surface area (Å²) in [5.74, 6) is -0.596. The molecule has 0 fully saturated rings. The molecule has 0 spiro atoms. The number of nitrogens with two attached hydrogens (primary N) is 1. The maximum absolute atomic E-state index is 11.0. The van der Waals surface area contributed by atoms with Crippen LogP contribution in [0.15, 0.2) is 30.3 Å². The first-order valence-corrected chi connectivity index (χ1v) is 6.68. The number of pyridine rings is 2. The Morgan fingerprint density at radius 3 is 2.67 bits per heavy atom. The van der Waals surface area contributed by atoms with E-state index < -0.39 is 5.97 Å². The Hall–Kier alpha value is -2.63. The number of rotatable bonds is 5. The second-order valence-electron chi connectivity index (χ2n) is 4.70. The minimum atomic E-state index is -1.07. The summed E-state index contributed by atoms with van der Waals surface area (Å²) in [7, 11) is 0. The van der Waals surface area contributed by atoms with Crippen LogP contribution in [0.1, 0.15) is 28.8 Å². The highest BCUT2D eigenvalue weighted by Gasteiger charge is 2.14. The van der Waals surface area contributed by atoms with Gasteiger partial charge in [0.1, 0.15) is 0 Å². The Morgan fingerprint density at radius 2 is 2.05 bits per heavy atom. The zero-order valence-corrected chi connectivity index (χ0v) is 12.1. The van der Waals surface area contributed by atoms with Gasteiger partial charge in [0.2, 0.25) is 0 Å². The second-order valence-corrected chi connectivity index (χ2v) is 4.70. The lowest BCUT2D eigenvalue weighted by molar-refractivity contribution is 0.0690. The number of anilines is 2. The number of carboxylic acid groups (broad SMARTS) is 1. The van der Waals surface area contributed by atoms with Gasteiger partial charge in [-0.25, -0.2) is 9.78 Å². The maximum atomic E-state index is 11.0. The molecule has 21 heavy (non-hydrogen) atoms. The van der Waals surface area contributed by atoms with Gasteiger partial charge in [-0.3, -0.25) is 4.98 Å². The van der Waals surface area contributed by atoms with E-state index in [1.165, 1.54) is 6.07 Å². The number of hydrogen-bond acceptors (Lipinski definition) is 5. The van der Waals surface area contributed by atoms with Crippen LogP contribution in [0, 0.1) is 6.92 Å². The number of nitrogen functional groups attached to an aromatic ring is 1. The van der Waals surface area contributed by atoms with Gasteiger partial charge in [-0.15, -0.1) is 0 Å². The highest BCUT2D eigenvalue weighted by Crippen LogP contribution is 2.22.